The van der Waals surface area contributed by atoms with E-state index in [1.807, 2.05) is 0 Å². The van der Waals surface area contributed by atoms with Gasteiger partial charge in [-0.05, 0) is 31.9 Å². The molecule has 1 aliphatic heterocycles. The van der Waals surface area contributed by atoms with E-state index in [0.717, 1.165) is 24.0 Å². The van der Waals surface area contributed by atoms with E-state index in [1.165, 1.54) is 13.0 Å². The minimum atomic E-state index is -4.64. The molecule has 12 heteroatoms. The van der Waals surface area contributed by atoms with Gasteiger partial charge in [0.25, 0.3) is 16.0 Å². The summed E-state index contributed by atoms with van der Waals surface area (Å²) in [5.74, 6) is -1.52. The molecule has 0 saturated carbocycles. The van der Waals surface area contributed by atoms with Gasteiger partial charge in [-0.25, -0.2) is 0 Å². The van der Waals surface area contributed by atoms with Gasteiger partial charge in [0, 0.05) is 24.6 Å². The molecule has 0 aliphatic carbocycles. The Kier molecular flexibility index (Phi) is 6.06. The maximum Gasteiger partial charge on any atom is 0.452 e. The number of carbonyl (C=O) groups is 1. The smallest absolute Gasteiger partial charge is 0.351 e. The summed E-state index contributed by atoms with van der Waals surface area (Å²) in [5.41, 5.74) is -0.0752. The fourth-order valence-corrected chi connectivity index (χ4v) is 4.62. The van der Waals surface area contributed by atoms with Crippen molar-refractivity contribution >= 4 is 27.4 Å². The predicted molar refractivity (Wildman–Crippen MR) is 99.0 cm³/mol. The molecule has 1 fully saturated rings. The summed E-state index contributed by atoms with van der Waals surface area (Å²) in [6.07, 6.45) is -2.21. The maximum absolute atomic E-state index is 12.9. The van der Waals surface area contributed by atoms with Crippen molar-refractivity contribution in [1.29, 1.82) is 0 Å². The van der Waals surface area contributed by atoms with Crippen LogP contribution in [0.25, 0.3) is 10.6 Å². The van der Waals surface area contributed by atoms with Crippen LogP contribution in [-0.2, 0) is 20.5 Å². The van der Waals surface area contributed by atoms with Crippen LogP contribution in [0.3, 0.4) is 0 Å². The van der Waals surface area contributed by atoms with E-state index in [1.54, 1.807) is 11.0 Å². The van der Waals surface area contributed by atoms with E-state index in [0.29, 0.717) is 29.3 Å². The van der Waals surface area contributed by atoms with Crippen LogP contribution in [0.15, 0.2) is 16.7 Å². The molecule has 0 bridgehead atoms. The van der Waals surface area contributed by atoms with Crippen molar-refractivity contribution in [2.75, 3.05) is 26.0 Å². The van der Waals surface area contributed by atoms with Gasteiger partial charge < -0.3 is 9.42 Å². The Morgan fingerprint density at radius 1 is 1.41 bits per heavy atom. The third-order valence-corrected chi connectivity index (χ3v) is 6.20. The minimum absolute atomic E-state index is 0.0106. The molecule has 1 saturated heterocycles. The van der Waals surface area contributed by atoms with Crippen molar-refractivity contribution in [2.45, 2.75) is 25.9 Å². The Balaban J connectivity index is 1.72. The van der Waals surface area contributed by atoms with Crippen LogP contribution in [0.2, 0.25) is 0 Å². The number of thiophene rings is 1. The Labute approximate surface area is 169 Å². The molecule has 1 aliphatic rings. The van der Waals surface area contributed by atoms with Gasteiger partial charge in [-0.15, -0.1) is 11.3 Å². The first-order valence-corrected chi connectivity index (χ1v) is 11.4. The molecule has 0 radical (unpaired) electrons. The molecular formula is C17H19F3N2O5S2. The molecule has 1 amide bonds. The highest BCUT2D eigenvalue weighted by molar-refractivity contribution is 7.85. The van der Waals surface area contributed by atoms with Crippen LogP contribution in [0.1, 0.15) is 33.8 Å². The zero-order valence-electron chi connectivity index (χ0n) is 15.7. The monoisotopic (exact) mass is 452 g/mol. The molecule has 2 aromatic heterocycles. The standard InChI is InChI=1S/C17H19F3N2O5S2/c1-10-14(21-27-15(10)17(18,19)20)12-5-6-13(28-12)16(23)22-7-3-4-11(8-22)9-26-29(2,24)25/h5-6,11H,3-4,7-9H2,1-2H3. The largest absolute Gasteiger partial charge is 0.452 e. The number of likely N-dealkylation sites (tertiary alicyclic amines) is 1. The summed E-state index contributed by atoms with van der Waals surface area (Å²) in [4.78, 5) is 15.2. The minimum Gasteiger partial charge on any atom is -0.351 e. The number of piperidine rings is 1. The number of hydrogen-bond acceptors (Lipinski definition) is 7. The second-order valence-corrected chi connectivity index (χ2v) is 9.62. The van der Waals surface area contributed by atoms with Crippen LogP contribution in [-0.4, -0.2) is 50.3 Å². The van der Waals surface area contributed by atoms with Crippen molar-refractivity contribution in [3.8, 4) is 10.6 Å². The maximum atomic E-state index is 12.9. The van der Waals surface area contributed by atoms with E-state index in [2.05, 4.69) is 9.68 Å². The molecule has 0 spiro atoms. The van der Waals surface area contributed by atoms with Crippen molar-refractivity contribution in [3.63, 3.8) is 0 Å². The van der Waals surface area contributed by atoms with Crippen LogP contribution in [0.4, 0.5) is 13.2 Å². The SMILES string of the molecule is Cc1c(-c2ccc(C(=O)N3CCCC(COS(C)(=O)=O)C3)s2)noc1C(F)(F)F. The van der Waals surface area contributed by atoms with E-state index in [9.17, 15) is 26.4 Å². The summed E-state index contributed by atoms with van der Waals surface area (Å²) in [5, 5.41) is 3.51. The predicted octanol–water partition coefficient (Wildman–Crippen LogP) is 3.56. The summed E-state index contributed by atoms with van der Waals surface area (Å²) >= 11 is 1.04. The average molecular weight is 452 g/mol. The fraction of sp³-hybridized carbons (Fsp3) is 0.529. The molecule has 160 valence electrons. The number of amides is 1. The molecule has 1 unspecified atom stereocenters. The first-order valence-electron chi connectivity index (χ1n) is 8.73. The molecule has 3 rings (SSSR count). The lowest BCUT2D eigenvalue weighted by molar-refractivity contribution is -0.156. The van der Waals surface area contributed by atoms with Crippen LogP contribution in [0.5, 0.6) is 0 Å². The molecule has 0 N–H and O–H groups in total. The highest BCUT2D eigenvalue weighted by Gasteiger charge is 2.39. The van der Waals surface area contributed by atoms with Gasteiger partial charge in [-0.1, -0.05) is 5.16 Å². The summed E-state index contributed by atoms with van der Waals surface area (Å²) < 4.78 is 70.2. The van der Waals surface area contributed by atoms with Gasteiger partial charge in [-0.2, -0.15) is 21.6 Å². The quantitative estimate of drug-likeness (QED) is 0.645. The zero-order valence-corrected chi connectivity index (χ0v) is 17.3. The van der Waals surface area contributed by atoms with E-state index in [-0.39, 0.29) is 29.7 Å². The van der Waals surface area contributed by atoms with Gasteiger partial charge in [-0.3, -0.25) is 8.98 Å². The number of aromatic nitrogens is 1. The van der Waals surface area contributed by atoms with Crippen LogP contribution in [0, 0.1) is 12.8 Å². The van der Waals surface area contributed by atoms with E-state index in [4.69, 9.17) is 4.18 Å². The van der Waals surface area contributed by atoms with Gasteiger partial charge in [0.05, 0.1) is 22.6 Å². The Bertz CT molecular complexity index is 997. The number of hydrogen-bond donors (Lipinski definition) is 0. The van der Waals surface area contributed by atoms with Gasteiger partial charge in [0.1, 0.15) is 5.69 Å². The molecule has 1 atom stereocenters. The number of rotatable bonds is 5. The molecule has 29 heavy (non-hydrogen) atoms. The summed E-state index contributed by atoms with van der Waals surface area (Å²) in [6, 6.07) is 3.08. The zero-order chi connectivity index (χ0) is 21.4. The molecule has 2 aromatic rings. The lowest BCUT2D eigenvalue weighted by atomic mass is 9.99. The molecule has 7 nitrogen and oxygen atoms in total. The highest BCUT2D eigenvalue weighted by atomic mass is 32.2. The molecular weight excluding hydrogens is 433 g/mol. The number of carbonyl (C=O) groups excluding carboxylic acids is 1. The lowest BCUT2D eigenvalue weighted by Gasteiger charge is -2.32. The van der Waals surface area contributed by atoms with Gasteiger partial charge in [0.2, 0.25) is 5.76 Å². The fourth-order valence-electron chi connectivity index (χ4n) is 3.17. The summed E-state index contributed by atoms with van der Waals surface area (Å²) in [7, 11) is -3.55. The Hall–Kier alpha value is -1.92. The third kappa shape index (κ3) is 5.17. The summed E-state index contributed by atoms with van der Waals surface area (Å²) in [6.45, 7) is 2.15. The topological polar surface area (TPSA) is 89.7 Å². The van der Waals surface area contributed by atoms with Crippen LogP contribution >= 0.6 is 11.3 Å². The highest BCUT2D eigenvalue weighted by Crippen LogP contribution is 2.38. The first-order chi connectivity index (χ1) is 13.5. The number of alkyl halides is 3. The van der Waals surface area contributed by atoms with E-state index >= 15 is 0 Å². The molecule has 0 aromatic carbocycles. The van der Waals surface area contributed by atoms with E-state index < -0.39 is 22.1 Å². The second kappa shape index (κ2) is 8.07. The normalized spacial score (nSPS) is 18.2. The second-order valence-electron chi connectivity index (χ2n) is 6.90. The van der Waals surface area contributed by atoms with Crippen molar-refractivity contribution < 1.29 is 35.1 Å². The van der Waals surface area contributed by atoms with Crippen molar-refractivity contribution in [1.82, 2.24) is 10.1 Å². The third-order valence-electron chi connectivity index (χ3n) is 4.56. The van der Waals surface area contributed by atoms with Gasteiger partial charge in [0.15, 0.2) is 0 Å². The first kappa shape index (κ1) is 21.8. The number of halogens is 3. The van der Waals surface area contributed by atoms with Crippen molar-refractivity contribution in [2.24, 2.45) is 5.92 Å². The van der Waals surface area contributed by atoms with Crippen LogP contribution < -0.4 is 0 Å². The average Bonchev–Trinajstić information content (AvgIpc) is 3.25. The van der Waals surface area contributed by atoms with Crippen molar-refractivity contribution in [3.05, 3.63) is 28.3 Å². The molecule has 3 heterocycles. The Morgan fingerprint density at radius 3 is 2.76 bits per heavy atom. The number of nitrogens with zero attached hydrogens (tertiary/aromatic N) is 2. The Morgan fingerprint density at radius 2 is 2.14 bits per heavy atom. The van der Waals surface area contributed by atoms with Gasteiger partial charge >= 0.3 is 6.18 Å². The lowest BCUT2D eigenvalue weighted by Crippen LogP contribution is -2.41.